The van der Waals surface area contributed by atoms with Crippen LogP contribution in [0.2, 0.25) is 0 Å². The lowest BCUT2D eigenvalue weighted by Crippen LogP contribution is -2.25. The number of hydrogen-bond acceptors (Lipinski definition) is 4. The monoisotopic (exact) mass is 293 g/mol. The van der Waals surface area contributed by atoms with Crippen LogP contribution in [0, 0.1) is 0 Å². The highest BCUT2D eigenvalue weighted by Gasteiger charge is 2.26. The first-order valence-corrected chi connectivity index (χ1v) is 6.95. The maximum atomic E-state index is 12.3. The summed E-state index contributed by atoms with van der Waals surface area (Å²) in [6, 6.07) is 4.23. The van der Waals surface area contributed by atoms with E-state index in [0.29, 0.717) is 6.42 Å². The van der Waals surface area contributed by atoms with E-state index in [0.717, 1.165) is 24.3 Å². The summed E-state index contributed by atoms with van der Waals surface area (Å²) >= 11 is 0. The van der Waals surface area contributed by atoms with Crippen molar-refractivity contribution in [2.45, 2.75) is 17.1 Å². The molecule has 5 nitrogen and oxygen atoms in total. The number of amides is 1. The first-order valence-electron chi connectivity index (χ1n) is 5.40. The molecular weight excluding hydrogens is 280 g/mol. The Bertz CT molecular complexity index is 528. The van der Waals surface area contributed by atoms with E-state index in [1.165, 1.54) is 0 Å². The van der Waals surface area contributed by atoms with Gasteiger partial charge in [0, 0.05) is 18.7 Å². The van der Waals surface area contributed by atoms with Crippen LogP contribution in [-0.2, 0) is 9.84 Å². The second-order valence-electron chi connectivity index (χ2n) is 3.66. The molecule has 1 aromatic carbocycles. The molecule has 8 heteroatoms. The molecule has 0 aliphatic heterocycles. The van der Waals surface area contributed by atoms with Gasteiger partial charge in [0.05, 0.1) is 4.90 Å². The summed E-state index contributed by atoms with van der Waals surface area (Å²) in [5.74, 6) is -3.95. The Morgan fingerprint density at radius 2 is 1.84 bits per heavy atom. The van der Waals surface area contributed by atoms with Crippen LogP contribution < -0.4 is 5.32 Å². The molecule has 0 unspecified atom stereocenters. The van der Waals surface area contributed by atoms with Crippen LogP contribution in [0.4, 0.5) is 8.78 Å². The van der Waals surface area contributed by atoms with Crippen molar-refractivity contribution in [3.8, 4) is 0 Å². The highest BCUT2D eigenvalue weighted by atomic mass is 32.2. The molecule has 106 valence electrons. The molecule has 0 radical (unpaired) electrons. The maximum absolute atomic E-state index is 12.3. The standard InChI is InChI=1S/C11H13F2NO4S/c12-11(13)19(17,18)9-4-2-8(3-5-9)10(16)14-6-1-7-15/h2-5,11,15H,1,6-7H2,(H,14,16). The lowest BCUT2D eigenvalue weighted by molar-refractivity contribution is 0.0951. The number of benzene rings is 1. The topological polar surface area (TPSA) is 83.5 Å². The van der Waals surface area contributed by atoms with Crippen LogP contribution in [0.25, 0.3) is 0 Å². The molecule has 0 atom stereocenters. The molecule has 0 fully saturated rings. The minimum atomic E-state index is -4.64. The summed E-state index contributed by atoms with van der Waals surface area (Å²) in [5, 5.41) is 11.0. The fourth-order valence-corrected chi connectivity index (χ4v) is 2.00. The van der Waals surface area contributed by atoms with Crippen molar-refractivity contribution in [2.24, 2.45) is 0 Å². The van der Waals surface area contributed by atoms with Gasteiger partial charge in [-0.1, -0.05) is 0 Å². The van der Waals surface area contributed by atoms with Crippen molar-refractivity contribution in [1.82, 2.24) is 5.32 Å². The first-order chi connectivity index (χ1) is 8.89. The largest absolute Gasteiger partial charge is 0.396 e. The van der Waals surface area contributed by atoms with E-state index in [4.69, 9.17) is 5.11 Å². The second-order valence-corrected chi connectivity index (χ2v) is 5.58. The maximum Gasteiger partial charge on any atom is 0.341 e. The van der Waals surface area contributed by atoms with Crippen LogP contribution in [0.3, 0.4) is 0 Å². The zero-order valence-corrected chi connectivity index (χ0v) is 10.7. The Morgan fingerprint density at radius 1 is 1.26 bits per heavy atom. The molecule has 0 saturated heterocycles. The number of aliphatic hydroxyl groups is 1. The summed E-state index contributed by atoms with van der Waals surface area (Å²) in [4.78, 5) is 11.0. The van der Waals surface area contributed by atoms with Crippen LogP contribution in [0.1, 0.15) is 16.8 Å². The quantitative estimate of drug-likeness (QED) is 0.760. The molecule has 0 aliphatic carbocycles. The minimum absolute atomic E-state index is 0.0636. The molecule has 1 amide bonds. The number of aliphatic hydroxyl groups excluding tert-OH is 1. The number of halogens is 2. The van der Waals surface area contributed by atoms with Crippen molar-refractivity contribution in [2.75, 3.05) is 13.2 Å². The number of hydrogen-bond donors (Lipinski definition) is 2. The number of sulfone groups is 1. The Morgan fingerprint density at radius 3 is 2.32 bits per heavy atom. The summed E-state index contributed by atoms with van der Waals surface area (Å²) < 4.78 is 46.8. The van der Waals surface area contributed by atoms with Crippen molar-refractivity contribution < 1.29 is 27.1 Å². The molecule has 0 heterocycles. The van der Waals surface area contributed by atoms with Crippen molar-refractivity contribution in [1.29, 1.82) is 0 Å². The normalized spacial score (nSPS) is 11.6. The van der Waals surface area contributed by atoms with Crippen LogP contribution in [0.15, 0.2) is 29.2 Å². The molecule has 0 aromatic heterocycles. The lowest BCUT2D eigenvalue weighted by Gasteiger charge is -2.06. The zero-order valence-electron chi connectivity index (χ0n) is 9.84. The van der Waals surface area contributed by atoms with Gasteiger partial charge in [0.2, 0.25) is 9.84 Å². The van der Waals surface area contributed by atoms with Gasteiger partial charge in [-0.3, -0.25) is 4.79 Å². The summed E-state index contributed by atoms with van der Waals surface area (Å²) in [6.07, 6.45) is 0.392. The molecule has 0 saturated carbocycles. The Kier molecular flexibility index (Phi) is 5.37. The van der Waals surface area contributed by atoms with E-state index in [1.54, 1.807) is 0 Å². The van der Waals surface area contributed by atoms with Gasteiger partial charge < -0.3 is 10.4 Å². The van der Waals surface area contributed by atoms with E-state index in [1.807, 2.05) is 0 Å². The zero-order chi connectivity index (χ0) is 14.5. The van der Waals surface area contributed by atoms with Gasteiger partial charge in [0.1, 0.15) is 0 Å². The van der Waals surface area contributed by atoms with E-state index in [9.17, 15) is 22.0 Å². The number of alkyl halides is 2. The Labute approximate surface area is 109 Å². The SMILES string of the molecule is O=C(NCCCO)c1ccc(S(=O)(=O)C(F)F)cc1. The van der Waals surface area contributed by atoms with Gasteiger partial charge in [-0.2, -0.15) is 8.78 Å². The number of rotatable bonds is 6. The van der Waals surface area contributed by atoms with Crippen molar-refractivity contribution in [3.05, 3.63) is 29.8 Å². The van der Waals surface area contributed by atoms with E-state index in [2.05, 4.69) is 5.32 Å². The fourth-order valence-electron chi connectivity index (χ4n) is 1.28. The minimum Gasteiger partial charge on any atom is -0.396 e. The smallest absolute Gasteiger partial charge is 0.341 e. The Balaban J connectivity index is 2.80. The molecule has 1 rings (SSSR count). The molecule has 19 heavy (non-hydrogen) atoms. The average molecular weight is 293 g/mol. The first kappa shape index (κ1) is 15.5. The molecule has 2 N–H and O–H groups in total. The van der Waals surface area contributed by atoms with Crippen LogP contribution in [-0.4, -0.2) is 38.3 Å². The predicted molar refractivity (Wildman–Crippen MR) is 63.7 cm³/mol. The van der Waals surface area contributed by atoms with Crippen molar-refractivity contribution >= 4 is 15.7 Å². The van der Waals surface area contributed by atoms with Gasteiger partial charge in [0.25, 0.3) is 5.91 Å². The predicted octanol–water partition coefficient (Wildman–Crippen LogP) is 0.795. The summed E-state index contributed by atoms with van der Waals surface area (Å²) in [6.45, 7) is 0.207. The van der Waals surface area contributed by atoms with Gasteiger partial charge in [-0.25, -0.2) is 8.42 Å². The summed E-state index contributed by atoms with van der Waals surface area (Å²) in [5.41, 5.74) is 0.158. The molecule has 1 aromatic rings. The third kappa shape index (κ3) is 3.97. The van der Waals surface area contributed by atoms with Gasteiger partial charge in [-0.05, 0) is 30.7 Å². The number of carbonyl (C=O) groups is 1. The third-order valence-corrected chi connectivity index (χ3v) is 3.70. The molecule has 0 aliphatic rings. The van der Waals surface area contributed by atoms with E-state index >= 15 is 0 Å². The summed E-state index contributed by atoms with van der Waals surface area (Å²) in [7, 11) is -4.64. The fraction of sp³-hybridized carbons (Fsp3) is 0.364. The second kappa shape index (κ2) is 6.58. The average Bonchev–Trinajstić information content (AvgIpc) is 2.39. The third-order valence-electron chi connectivity index (χ3n) is 2.30. The van der Waals surface area contributed by atoms with Crippen LogP contribution >= 0.6 is 0 Å². The Hall–Kier alpha value is -1.54. The van der Waals surface area contributed by atoms with Crippen molar-refractivity contribution in [3.63, 3.8) is 0 Å². The van der Waals surface area contributed by atoms with E-state index in [-0.39, 0.29) is 18.7 Å². The van der Waals surface area contributed by atoms with Gasteiger partial charge >= 0.3 is 5.76 Å². The number of nitrogens with one attached hydrogen (secondary N) is 1. The van der Waals surface area contributed by atoms with Crippen LogP contribution in [0.5, 0.6) is 0 Å². The highest BCUT2D eigenvalue weighted by molar-refractivity contribution is 7.91. The van der Waals surface area contributed by atoms with Gasteiger partial charge in [0.15, 0.2) is 0 Å². The lowest BCUT2D eigenvalue weighted by atomic mass is 10.2. The molecular formula is C11H13F2NO4S. The van der Waals surface area contributed by atoms with Gasteiger partial charge in [-0.15, -0.1) is 0 Å². The van der Waals surface area contributed by atoms with E-state index < -0.39 is 26.4 Å². The molecule has 0 spiro atoms. The number of carbonyl (C=O) groups excluding carboxylic acids is 1. The molecule has 0 bridgehead atoms. The highest BCUT2D eigenvalue weighted by Crippen LogP contribution is 2.18.